The molecule has 0 bridgehead atoms. The lowest BCUT2D eigenvalue weighted by atomic mass is 9.50. The van der Waals surface area contributed by atoms with E-state index in [1.807, 2.05) is 26.0 Å². The normalized spacial score (nSPS) is 41.9. The number of aliphatic hydroxyl groups is 2. The highest BCUT2D eigenvalue weighted by Gasteiger charge is 2.65. The second-order valence-corrected chi connectivity index (χ2v) is 7.96. The molecular weight excluding hydrogens is 304 g/mol. The Morgan fingerprint density at radius 1 is 1.29 bits per heavy atom. The van der Waals surface area contributed by atoms with Crippen molar-refractivity contribution < 1.29 is 19.7 Å². The van der Waals surface area contributed by atoms with Crippen LogP contribution in [0, 0.1) is 23.7 Å². The maximum Gasteiger partial charge on any atom is 0.168 e. The average Bonchev–Trinajstić information content (AvgIpc) is 2.61. The fourth-order valence-corrected chi connectivity index (χ4v) is 5.37. The number of aliphatic hydroxyl groups excluding tert-OH is 2. The summed E-state index contributed by atoms with van der Waals surface area (Å²) >= 11 is 0. The Balaban J connectivity index is 1.73. The number of Topliss-reactive ketones (excluding diaryl/α,β-unsaturated/α-hetero) is 1. The predicted octanol–water partition coefficient (Wildman–Crippen LogP) is 2.87. The molecule has 3 aliphatic carbocycles. The highest BCUT2D eigenvalue weighted by molar-refractivity contribution is 5.96. The van der Waals surface area contributed by atoms with Crippen LogP contribution in [0.25, 0.3) is 0 Å². The van der Waals surface area contributed by atoms with Gasteiger partial charge in [0, 0.05) is 24.4 Å². The predicted molar refractivity (Wildman–Crippen MR) is 92.5 cm³/mol. The molecule has 3 fully saturated rings. The molecule has 136 valence electrons. The van der Waals surface area contributed by atoms with Gasteiger partial charge in [-0.25, -0.2) is 0 Å². The van der Waals surface area contributed by atoms with Gasteiger partial charge in [0.1, 0.15) is 5.60 Å². The lowest BCUT2D eigenvalue weighted by Gasteiger charge is -2.58. The Morgan fingerprint density at radius 2 is 2.00 bits per heavy atom. The van der Waals surface area contributed by atoms with Crippen LogP contribution in [-0.2, 0) is 9.53 Å². The summed E-state index contributed by atoms with van der Waals surface area (Å²) in [6.07, 6.45) is 10.0. The Hall–Kier alpha value is -0.710. The van der Waals surface area contributed by atoms with Crippen molar-refractivity contribution in [3.05, 3.63) is 12.2 Å². The first kappa shape index (κ1) is 18.1. The number of hydrogen-bond donors (Lipinski definition) is 2. The summed E-state index contributed by atoms with van der Waals surface area (Å²) in [4.78, 5) is 12.5. The standard InChI is InChI=1S/C20H32O4/c1-3-24-20-12-11-17(22)15(18(20)13(2)19(20)23)9-10-16(21)14-7-5-4-6-8-14/h9-10,13-18,21-22H,3-8,11-12H2,1-2H3/t13?,15-,16-,17+,18+,20+/m1/s1. The Kier molecular flexibility index (Phi) is 5.48. The van der Waals surface area contributed by atoms with E-state index in [1.165, 1.54) is 19.3 Å². The topological polar surface area (TPSA) is 66.8 Å². The quantitative estimate of drug-likeness (QED) is 0.758. The number of ketones is 1. The van der Waals surface area contributed by atoms with Crippen LogP contribution in [0.1, 0.15) is 58.8 Å². The number of carbonyl (C=O) groups is 1. The first-order valence-electron chi connectivity index (χ1n) is 9.74. The summed E-state index contributed by atoms with van der Waals surface area (Å²) < 4.78 is 5.90. The van der Waals surface area contributed by atoms with E-state index in [-0.39, 0.29) is 23.5 Å². The third-order valence-electron chi connectivity index (χ3n) is 6.64. The molecule has 3 saturated carbocycles. The molecule has 3 aliphatic rings. The minimum atomic E-state index is -0.696. The zero-order chi connectivity index (χ0) is 17.3. The molecule has 0 aromatic heterocycles. The molecule has 3 rings (SSSR count). The minimum Gasteiger partial charge on any atom is -0.393 e. The maximum atomic E-state index is 12.5. The van der Waals surface area contributed by atoms with Crippen LogP contribution < -0.4 is 0 Å². The zero-order valence-electron chi connectivity index (χ0n) is 15.0. The van der Waals surface area contributed by atoms with Gasteiger partial charge in [-0.1, -0.05) is 38.3 Å². The Bertz CT molecular complexity index is 482. The van der Waals surface area contributed by atoms with E-state index in [0.717, 1.165) is 12.8 Å². The number of hydrogen-bond acceptors (Lipinski definition) is 4. The zero-order valence-corrected chi connectivity index (χ0v) is 15.0. The van der Waals surface area contributed by atoms with Gasteiger partial charge in [0.2, 0.25) is 0 Å². The van der Waals surface area contributed by atoms with Gasteiger partial charge >= 0.3 is 0 Å². The van der Waals surface area contributed by atoms with Gasteiger partial charge in [0.15, 0.2) is 5.78 Å². The van der Waals surface area contributed by atoms with Crippen molar-refractivity contribution in [3.63, 3.8) is 0 Å². The Labute approximate surface area is 145 Å². The number of carbonyl (C=O) groups excluding carboxylic acids is 1. The lowest BCUT2D eigenvalue weighted by Crippen LogP contribution is -2.69. The summed E-state index contributed by atoms with van der Waals surface area (Å²) in [7, 11) is 0. The number of ether oxygens (including phenoxy) is 1. The van der Waals surface area contributed by atoms with Crippen molar-refractivity contribution in [2.75, 3.05) is 6.61 Å². The molecule has 0 amide bonds. The van der Waals surface area contributed by atoms with E-state index in [2.05, 4.69) is 0 Å². The van der Waals surface area contributed by atoms with Crippen LogP contribution in [0.5, 0.6) is 0 Å². The van der Waals surface area contributed by atoms with Gasteiger partial charge in [-0.15, -0.1) is 0 Å². The molecule has 0 radical (unpaired) electrons. The van der Waals surface area contributed by atoms with Crippen molar-refractivity contribution in [2.45, 2.75) is 76.6 Å². The van der Waals surface area contributed by atoms with Crippen molar-refractivity contribution in [1.82, 2.24) is 0 Å². The SMILES string of the molecule is CCO[C@@]12CC[C@H](O)[C@@H](C=C[C@@H](O)C3CCCCC3)[C@@H]1C(C)C2=O. The smallest absolute Gasteiger partial charge is 0.168 e. The molecule has 6 atom stereocenters. The summed E-state index contributed by atoms with van der Waals surface area (Å²) in [5, 5.41) is 21.0. The fourth-order valence-electron chi connectivity index (χ4n) is 5.37. The van der Waals surface area contributed by atoms with Crippen LogP contribution in [0.15, 0.2) is 12.2 Å². The first-order chi connectivity index (χ1) is 11.5. The van der Waals surface area contributed by atoms with Gasteiger partial charge in [0.05, 0.1) is 12.2 Å². The largest absolute Gasteiger partial charge is 0.393 e. The van der Waals surface area contributed by atoms with E-state index in [1.54, 1.807) is 0 Å². The summed E-state index contributed by atoms with van der Waals surface area (Å²) in [6, 6.07) is 0. The summed E-state index contributed by atoms with van der Waals surface area (Å²) in [5.41, 5.74) is -0.696. The van der Waals surface area contributed by atoms with E-state index >= 15 is 0 Å². The van der Waals surface area contributed by atoms with Crippen LogP contribution in [0.4, 0.5) is 0 Å². The molecular formula is C20H32O4. The van der Waals surface area contributed by atoms with Crippen molar-refractivity contribution in [3.8, 4) is 0 Å². The molecule has 1 unspecified atom stereocenters. The van der Waals surface area contributed by atoms with Gasteiger partial charge in [-0.2, -0.15) is 0 Å². The third-order valence-corrected chi connectivity index (χ3v) is 6.64. The van der Waals surface area contributed by atoms with E-state index in [4.69, 9.17) is 4.74 Å². The summed E-state index contributed by atoms with van der Waals surface area (Å²) in [5.74, 6) is 0.382. The van der Waals surface area contributed by atoms with E-state index in [0.29, 0.717) is 25.4 Å². The maximum absolute atomic E-state index is 12.5. The highest BCUT2D eigenvalue weighted by Crippen LogP contribution is 2.55. The van der Waals surface area contributed by atoms with Crippen molar-refractivity contribution in [2.24, 2.45) is 23.7 Å². The molecule has 2 N–H and O–H groups in total. The number of rotatable bonds is 5. The Morgan fingerprint density at radius 3 is 2.67 bits per heavy atom. The van der Waals surface area contributed by atoms with Gasteiger partial charge < -0.3 is 14.9 Å². The van der Waals surface area contributed by atoms with Gasteiger partial charge in [0.25, 0.3) is 0 Å². The molecule has 0 spiro atoms. The third kappa shape index (κ3) is 2.97. The summed E-state index contributed by atoms with van der Waals surface area (Å²) in [6.45, 7) is 4.39. The second kappa shape index (κ2) is 7.27. The van der Waals surface area contributed by atoms with Crippen molar-refractivity contribution in [1.29, 1.82) is 0 Å². The number of fused-ring (bicyclic) bond motifs is 1. The molecule has 4 nitrogen and oxygen atoms in total. The van der Waals surface area contributed by atoms with E-state index < -0.39 is 17.8 Å². The average molecular weight is 336 g/mol. The van der Waals surface area contributed by atoms with Gasteiger partial charge in [-0.05, 0) is 38.5 Å². The van der Waals surface area contributed by atoms with Crippen LogP contribution in [0.3, 0.4) is 0 Å². The molecule has 4 heteroatoms. The fraction of sp³-hybridized carbons (Fsp3) is 0.850. The lowest BCUT2D eigenvalue weighted by molar-refractivity contribution is -0.212. The minimum absolute atomic E-state index is 0.0310. The molecule has 0 heterocycles. The van der Waals surface area contributed by atoms with Crippen LogP contribution in [-0.4, -0.2) is 40.4 Å². The monoisotopic (exact) mass is 336 g/mol. The van der Waals surface area contributed by atoms with Gasteiger partial charge in [-0.3, -0.25) is 4.79 Å². The molecule has 24 heavy (non-hydrogen) atoms. The van der Waals surface area contributed by atoms with Crippen molar-refractivity contribution >= 4 is 5.78 Å². The molecule has 0 saturated heterocycles. The second-order valence-electron chi connectivity index (χ2n) is 7.96. The van der Waals surface area contributed by atoms with Crippen LogP contribution in [0.2, 0.25) is 0 Å². The molecule has 0 aromatic carbocycles. The highest BCUT2D eigenvalue weighted by atomic mass is 16.5. The van der Waals surface area contributed by atoms with E-state index in [9.17, 15) is 15.0 Å². The molecule has 0 aliphatic heterocycles. The molecule has 0 aromatic rings. The first-order valence-corrected chi connectivity index (χ1v) is 9.74. The van der Waals surface area contributed by atoms with Crippen LogP contribution >= 0.6 is 0 Å².